The lowest BCUT2D eigenvalue weighted by atomic mass is 9.85. The van der Waals surface area contributed by atoms with Crippen molar-refractivity contribution >= 4 is 23.7 Å². The van der Waals surface area contributed by atoms with Crippen molar-refractivity contribution in [3.05, 3.63) is 35.9 Å². The molecule has 1 spiro atoms. The number of carboxylic acids is 1. The predicted octanol–water partition coefficient (Wildman–Crippen LogP) is 0.614. The molecular weight excluding hydrogens is 390 g/mol. The first-order valence-corrected chi connectivity index (χ1v) is 10.1. The van der Waals surface area contributed by atoms with Crippen molar-refractivity contribution in [2.45, 2.75) is 44.4 Å². The van der Waals surface area contributed by atoms with Gasteiger partial charge < -0.3 is 25.3 Å². The van der Waals surface area contributed by atoms with E-state index in [1.807, 2.05) is 30.3 Å². The van der Waals surface area contributed by atoms with Crippen LogP contribution in [0.2, 0.25) is 0 Å². The normalized spacial score (nSPS) is 22.5. The fourth-order valence-corrected chi connectivity index (χ4v) is 4.20. The zero-order chi connectivity index (χ0) is 21.9. The van der Waals surface area contributed by atoms with Crippen LogP contribution in [0, 0.1) is 5.92 Å². The molecule has 0 aliphatic carbocycles. The molecular formula is C21H27N3O6. The van der Waals surface area contributed by atoms with Gasteiger partial charge in [-0.1, -0.05) is 30.3 Å². The molecule has 2 aliphatic rings. The van der Waals surface area contributed by atoms with E-state index >= 15 is 0 Å². The second-order valence-electron chi connectivity index (χ2n) is 8.02. The number of hydrogen-bond donors (Lipinski definition) is 3. The van der Waals surface area contributed by atoms with E-state index in [4.69, 9.17) is 5.11 Å². The molecule has 162 valence electrons. The van der Waals surface area contributed by atoms with Gasteiger partial charge in [-0.2, -0.15) is 0 Å². The van der Waals surface area contributed by atoms with Crippen molar-refractivity contribution in [3.63, 3.8) is 0 Å². The number of aliphatic hydroxyl groups is 1. The summed E-state index contributed by atoms with van der Waals surface area (Å²) in [7, 11) is 0. The number of carbonyl (C=O) groups excluding carboxylic acids is 3. The number of rotatable bonds is 8. The van der Waals surface area contributed by atoms with Crippen LogP contribution in [0.1, 0.15) is 31.7 Å². The van der Waals surface area contributed by atoms with Crippen molar-refractivity contribution in [1.29, 1.82) is 0 Å². The number of hydrogen-bond acceptors (Lipinski definition) is 5. The fraction of sp³-hybridized carbons (Fsp3) is 0.524. The number of aliphatic hydroxyl groups excluding tert-OH is 1. The first kappa shape index (κ1) is 21.8. The predicted molar refractivity (Wildman–Crippen MR) is 106 cm³/mol. The molecule has 0 bridgehead atoms. The Labute approximate surface area is 174 Å². The Balaban J connectivity index is 1.56. The summed E-state index contributed by atoms with van der Waals surface area (Å²) in [6.07, 6.45) is -0.259. The topological polar surface area (TPSA) is 127 Å². The first-order valence-electron chi connectivity index (χ1n) is 10.1. The Morgan fingerprint density at radius 2 is 1.93 bits per heavy atom. The molecule has 0 radical (unpaired) electrons. The molecule has 30 heavy (non-hydrogen) atoms. The largest absolute Gasteiger partial charge is 0.481 e. The highest BCUT2D eigenvalue weighted by Gasteiger charge is 2.59. The molecule has 3 N–H and O–H groups in total. The van der Waals surface area contributed by atoms with Gasteiger partial charge in [0.1, 0.15) is 5.54 Å². The quantitative estimate of drug-likeness (QED) is 0.532. The lowest BCUT2D eigenvalue weighted by Gasteiger charge is -2.50. The van der Waals surface area contributed by atoms with Crippen LogP contribution in [0.5, 0.6) is 0 Å². The minimum Gasteiger partial charge on any atom is -0.481 e. The molecule has 9 nitrogen and oxygen atoms in total. The monoisotopic (exact) mass is 417 g/mol. The number of nitrogens with zero attached hydrogens (tertiary/aromatic N) is 2. The highest BCUT2D eigenvalue weighted by Crippen LogP contribution is 2.39. The molecule has 3 rings (SSSR count). The van der Waals surface area contributed by atoms with Gasteiger partial charge >= 0.3 is 12.0 Å². The number of carboxylic acid groups (broad SMARTS) is 1. The third-order valence-electron chi connectivity index (χ3n) is 5.87. The van der Waals surface area contributed by atoms with Gasteiger partial charge in [0.25, 0.3) is 5.91 Å². The van der Waals surface area contributed by atoms with Crippen LogP contribution in [0.25, 0.3) is 0 Å². The minimum atomic E-state index is -1.25. The molecule has 2 aliphatic heterocycles. The van der Waals surface area contributed by atoms with E-state index in [0.717, 1.165) is 5.56 Å². The second kappa shape index (κ2) is 8.83. The average molecular weight is 417 g/mol. The van der Waals surface area contributed by atoms with Gasteiger partial charge in [-0.3, -0.25) is 14.4 Å². The van der Waals surface area contributed by atoms with Crippen LogP contribution in [0.15, 0.2) is 30.3 Å². The molecule has 2 saturated heterocycles. The fourth-order valence-electron chi connectivity index (χ4n) is 4.20. The van der Waals surface area contributed by atoms with Crippen LogP contribution >= 0.6 is 0 Å². The van der Waals surface area contributed by atoms with Gasteiger partial charge in [0.2, 0.25) is 0 Å². The van der Waals surface area contributed by atoms with E-state index in [2.05, 4.69) is 5.32 Å². The molecule has 3 unspecified atom stereocenters. The number of carbonyl (C=O) groups is 4. The Morgan fingerprint density at radius 3 is 2.53 bits per heavy atom. The van der Waals surface area contributed by atoms with Crippen LogP contribution in [0.3, 0.4) is 0 Å². The summed E-state index contributed by atoms with van der Waals surface area (Å²) in [5, 5.41) is 21.5. The number of amides is 3. The SMILES string of the molecule is CC(O)C(CC(=O)CN1CC2(CCCN2C(=O)NCc2ccccc2)C1=O)C(=O)O. The van der Waals surface area contributed by atoms with Crippen molar-refractivity contribution in [1.82, 2.24) is 15.1 Å². The van der Waals surface area contributed by atoms with Crippen molar-refractivity contribution in [2.24, 2.45) is 5.92 Å². The summed E-state index contributed by atoms with van der Waals surface area (Å²) in [5.74, 6) is -3.16. The van der Waals surface area contributed by atoms with E-state index in [-0.39, 0.29) is 31.4 Å². The van der Waals surface area contributed by atoms with Gasteiger partial charge in [0.05, 0.1) is 25.1 Å². The van der Waals surface area contributed by atoms with Crippen molar-refractivity contribution < 1.29 is 29.4 Å². The Kier molecular flexibility index (Phi) is 6.40. The maximum Gasteiger partial charge on any atom is 0.318 e. The molecule has 9 heteroatoms. The number of ketones is 1. The van der Waals surface area contributed by atoms with Crippen molar-refractivity contribution in [2.75, 3.05) is 19.6 Å². The molecule has 3 atom stereocenters. The Hall–Kier alpha value is -2.94. The van der Waals surface area contributed by atoms with E-state index in [1.165, 1.54) is 11.8 Å². The zero-order valence-corrected chi connectivity index (χ0v) is 16.9. The zero-order valence-electron chi connectivity index (χ0n) is 16.9. The standard InChI is InChI=1S/C21H27N3O6/c1-14(25)17(18(27)28)10-16(26)12-23-13-21(19(23)29)8-5-9-24(21)20(30)22-11-15-6-3-2-4-7-15/h2-4,6-7,14,17,25H,5,8-13H2,1H3,(H,22,30)(H,27,28). The summed E-state index contributed by atoms with van der Waals surface area (Å²) >= 11 is 0. The number of β-lactam (4-membered cyclic amide) rings is 1. The van der Waals surface area contributed by atoms with Gasteiger partial charge in [-0.05, 0) is 25.3 Å². The number of Topliss-reactive ketones (excluding diaryl/α,β-unsaturated/α-hetero) is 1. The van der Waals surface area contributed by atoms with Crippen LogP contribution in [0.4, 0.5) is 4.79 Å². The first-order chi connectivity index (χ1) is 14.2. The highest BCUT2D eigenvalue weighted by molar-refractivity contribution is 5.99. The van der Waals surface area contributed by atoms with Crippen molar-refractivity contribution in [3.8, 4) is 0 Å². The van der Waals surface area contributed by atoms with Gasteiger partial charge in [0.15, 0.2) is 5.78 Å². The lowest BCUT2D eigenvalue weighted by molar-refractivity contribution is -0.160. The minimum absolute atomic E-state index is 0.212. The number of aliphatic carboxylic acids is 1. The maximum absolute atomic E-state index is 12.9. The smallest absolute Gasteiger partial charge is 0.318 e. The van der Waals surface area contributed by atoms with Crippen LogP contribution < -0.4 is 5.32 Å². The molecule has 1 aromatic rings. The molecule has 0 saturated carbocycles. The van der Waals surface area contributed by atoms with E-state index < -0.39 is 29.3 Å². The maximum atomic E-state index is 12.9. The number of nitrogens with one attached hydrogen (secondary N) is 1. The summed E-state index contributed by atoms with van der Waals surface area (Å²) in [6.45, 7) is 2.19. The second-order valence-corrected chi connectivity index (χ2v) is 8.02. The third-order valence-corrected chi connectivity index (χ3v) is 5.87. The summed E-state index contributed by atoms with van der Waals surface area (Å²) in [5.41, 5.74) is 0.0368. The number of benzene rings is 1. The summed E-state index contributed by atoms with van der Waals surface area (Å²) in [6, 6.07) is 9.16. The molecule has 3 amide bonds. The summed E-state index contributed by atoms with van der Waals surface area (Å²) < 4.78 is 0. The average Bonchev–Trinajstić information content (AvgIpc) is 3.17. The van der Waals surface area contributed by atoms with Crippen LogP contribution in [-0.2, 0) is 20.9 Å². The van der Waals surface area contributed by atoms with E-state index in [0.29, 0.717) is 25.9 Å². The number of urea groups is 1. The Morgan fingerprint density at radius 1 is 1.23 bits per heavy atom. The Bertz CT molecular complexity index is 827. The lowest BCUT2D eigenvalue weighted by Crippen LogP contribution is -2.74. The van der Waals surface area contributed by atoms with Gasteiger partial charge in [0, 0.05) is 19.5 Å². The molecule has 0 aromatic heterocycles. The number of likely N-dealkylation sites (tertiary alicyclic amines) is 2. The third kappa shape index (κ3) is 4.30. The van der Waals surface area contributed by atoms with E-state index in [1.54, 1.807) is 4.90 Å². The van der Waals surface area contributed by atoms with Crippen LogP contribution in [-0.4, -0.2) is 75.0 Å². The highest BCUT2D eigenvalue weighted by atomic mass is 16.4. The molecule has 2 heterocycles. The van der Waals surface area contributed by atoms with E-state index in [9.17, 15) is 24.3 Å². The van der Waals surface area contributed by atoms with Gasteiger partial charge in [-0.15, -0.1) is 0 Å². The molecule has 2 fully saturated rings. The van der Waals surface area contributed by atoms with Gasteiger partial charge in [-0.25, -0.2) is 4.79 Å². The summed E-state index contributed by atoms with van der Waals surface area (Å²) in [4.78, 5) is 51.8. The molecule has 1 aromatic carbocycles.